The molecular weight excluding hydrogens is 297 g/mol. The van der Waals surface area contributed by atoms with E-state index in [0.717, 1.165) is 18.4 Å². The van der Waals surface area contributed by atoms with E-state index in [4.69, 9.17) is 27.9 Å². The minimum absolute atomic E-state index is 0.111. The molecule has 0 aromatic heterocycles. The van der Waals surface area contributed by atoms with Gasteiger partial charge in [0.05, 0.1) is 17.6 Å². The van der Waals surface area contributed by atoms with Gasteiger partial charge >= 0.3 is 0 Å². The molecule has 2 aliphatic rings. The molecule has 0 aliphatic carbocycles. The molecule has 20 heavy (non-hydrogen) atoms. The van der Waals surface area contributed by atoms with Gasteiger partial charge in [0.25, 0.3) is 0 Å². The van der Waals surface area contributed by atoms with Crippen molar-refractivity contribution in [1.82, 2.24) is 5.32 Å². The molecule has 2 aliphatic heterocycles. The topological polar surface area (TPSA) is 38.3 Å². The van der Waals surface area contributed by atoms with Crippen molar-refractivity contribution in [3.8, 4) is 0 Å². The summed E-state index contributed by atoms with van der Waals surface area (Å²) in [4.78, 5) is 12.9. The average molecular weight is 314 g/mol. The van der Waals surface area contributed by atoms with Crippen LogP contribution in [0.1, 0.15) is 31.2 Å². The Morgan fingerprint density at radius 2 is 2.20 bits per heavy atom. The summed E-state index contributed by atoms with van der Waals surface area (Å²) < 4.78 is 5.56. The Bertz CT molecular complexity index is 549. The van der Waals surface area contributed by atoms with Gasteiger partial charge in [-0.05, 0) is 37.5 Å². The SMILES string of the molecule is CC1CC2(CCO1)NCC(c1ccc(Cl)cc1Cl)C2=O. The second kappa shape index (κ2) is 5.30. The number of ether oxygens (including phenoxy) is 1. The molecule has 2 fully saturated rings. The molecule has 2 saturated heterocycles. The summed E-state index contributed by atoms with van der Waals surface area (Å²) in [7, 11) is 0. The lowest BCUT2D eigenvalue weighted by molar-refractivity contribution is -0.128. The second-order valence-corrected chi connectivity index (χ2v) is 6.52. The lowest BCUT2D eigenvalue weighted by Crippen LogP contribution is -2.52. The van der Waals surface area contributed by atoms with Gasteiger partial charge in [-0.1, -0.05) is 29.3 Å². The first-order valence-electron chi connectivity index (χ1n) is 6.88. The summed E-state index contributed by atoms with van der Waals surface area (Å²) in [6.07, 6.45) is 1.57. The molecule has 108 valence electrons. The second-order valence-electron chi connectivity index (χ2n) is 5.68. The van der Waals surface area contributed by atoms with Crippen LogP contribution < -0.4 is 5.32 Å². The van der Waals surface area contributed by atoms with Crippen LogP contribution in [0, 0.1) is 0 Å². The van der Waals surface area contributed by atoms with Crippen LogP contribution in [0.15, 0.2) is 18.2 Å². The molecule has 1 aromatic rings. The number of hydrogen-bond donors (Lipinski definition) is 1. The van der Waals surface area contributed by atoms with Gasteiger partial charge in [0.15, 0.2) is 5.78 Å². The van der Waals surface area contributed by atoms with Crippen LogP contribution in [-0.4, -0.2) is 30.6 Å². The smallest absolute Gasteiger partial charge is 0.161 e. The Balaban J connectivity index is 1.88. The molecular formula is C15H17Cl2NO2. The summed E-state index contributed by atoms with van der Waals surface area (Å²) in [5, 5.41) is 4.58. The summed E-state index contributed by atoms with van der Waals surface area (Å²) >= 11 is 12.2. The van der Waals surface area contributed by atoms with Crippen molar-refractivity contribution < 1.29 is 9.53 Å². The van der Waals surface area contributed by atoms with Gasteiger partial charge in [0, 0.05) is 23.2 Å². The van der Waals surface area contributed by atoms with Crippen LogP contribution in [0.3, 0.4) is 0 Å². The van der Waals surface area contributed by atoms with Gasteiger partial charge < -0.3 is 10.1 Å². The van der Waals surface area contributed by atoms with E-state index in [1.807, 2.05) is 13.0 Å². The number of Topliss-reactive ketones (excluding diaryl/α,β-unsaturated/α-hetero) is 1. The molecule has 1 N–H and O–H groups in total. The third-order valence-electron chi connectivity index (χ3n) is 4.34. The van der Waals surface area contributed by atoms with Gasteiger partial charge in [0.2, 0.25) is 0 Å². The molecule has 1 aromatic carbocycles. The number of nitrogens with one attached hydrogen (secondary N) is 1. The summed E-state index contributed by atoms with van der Waals surface area (Å²) in [6.45, 7) is 3.27. The van der Waals surface area contributed by atoms with Crippen molar-refractivity contribution in [2.75, 3.05) is 13.2 Å². The lowest BCUT2D eigenvalue weighted by atomic mass is 9.80. The Morgan fingerprint density at radius 3 is 2.90 bits per heavy atom. The highest BCUT2D eigenvalue weighted by molar-refractivity contribution is 6.35. The number of hydrogen-bond acceptors (Lipinski definition) is 3. The summed E-state index contributed by atoms with van der Waals surface area (Å²) in [5.74, 6) is 0.0435. The van der Waals surface area contributed by atoms with E-state index < -0.39 is 5.54 Å². The number of ketones is 1. The zero-order valence-corrected chi connectivity index (χ0v) is 12.8. The molecule has 3 rings (SSSR count). The number of benzene rings is 1. The van der Waals surface area contributed by atoms with Gasteiger partial charge in [-0.25, -0.2) is 0 Å². The van der Waals surface area contributed by atoms with Crippen LogP contribution in [0.25, 0.3) is 0 Å². The number of carbonyl (C=O) groups is 1. The van der Waals surface area contributed by atoms with E-state index in [9.17, 15) is 4.79 Å². The normalized spacial score (nSPS) is 33.9. The highest BCUT2D eigenvalue weighted by atomic mass is 35.5. The average Bonchev–Trinajstić information content (AvgIpc) is 2.68. The molecule has 3 unspecified atom stereocenters. The fraction of sp³-hybridized carbons (Fsp3) is 0.533. The molecule has 5 heteroatoms. The molecule has 3 nitrogen and oxygen atoms in total. The fourth-order valence-electron chi connectivity index (χ4n) is 3.32. The zero-order valence-electron chi connectivity index (χ0n) is 11.3. The molecule has 0 bridgehead atoms. The van der Waals surface area contributed by atoms with E-state index in [1.165, 1.54) is 0 Å². The summed E-state index contributed by atoms with van der Waals surface area (Å²) in [6, 6.07) is 5.34. The molecule has 1 spiro atoms. The molecule has 3 atom stereocenters. The Morgan fingerprint density at radius 1 is 1.40 bits per heavy atom. The van der Waals surface area contributed by atoms with Crippen molar-refractivity contribution in [2.24, 2.45) is 0 Å². The standard InChI is InChI=1S/C15H17Cl2NO2/c1-9-7-15(4-5-20-9)14(19)12(8-18-15)11-3-2-10(16)6-13(11)17/h2-3,6,9,12,18H,4-5,7-8H2,1H3. The predicted molar refractivity (Wildman–Crippen MR) is 79.6 cm³/mol. The van der Waals surface area contributed by atoms with E-state index >= 15 is 0 Å². The van der Waals surface area contributed by atoms with Crippen molar-refractivity contribution >= 4 is 29.0 Å². The quantitative estimate of drug-likeness (QED) is 0.865. The first-order valence-corrected chi connectivity index (χ1v) is 7.63. The molecule has 0 radical (unpaired) electrons. The first-order chi connectivity index (χ1) is 9.52. The van der Waals surface area contributed by atoms with Crippen LogP contribution in [0.4, 0.5) is 0 Å². The predicted octanol–water partition coefficient (Wildman–Crippen LogP) is 3.19. The maximum absolute atomic E-state index is 12.9. The highest BCUT2D eigenvalue weighted by Gasteiger charge is 2.50. The van der Waals surface area contributed by atoms with Crippen LogP contribution in [0.2, 0.25) is 10.0 Å². The van der Waals surface area contributed by atoms with E-state index in [1.54, 1.807) is 12.1 Å². The van der Waals surface area contributed by atoms with E-state index in [2.05, 4.69) is 5.32 Å². The Kier molecular flexibility index (Phi) is 3.80. The fourth-order valence-corrected chi connectivity index (χ4v) is 3.86. The van der Waals surface area contributed by atoms with Crippen LogP contribution in [-0.2, 0) is 9.53 Å². The Labute approximate surface area is 128 Å². The number of carbonyl (C=O) groups excluding carboxylic acids is 1. The molecule has 0 amide bonds. The van der Waals surface area contributed by atoms with Crippen molar-refractivity contribution in [1.29, 1.82) is 0 Å². The summed E-state index contributed by atoms with van der Waals surface area (Å²) in [5.41, 5.74) is 0.426. The monoisotopic (exact) mass is 313 g/mol. The zero-order chi connectivity index (χ0) is 14.3. The number of halogens is 2. The third kappa shape index (κ3) is 2.37. The van der Waals surface area contributed by atoms with Crippen molar-refractivity contribution in [2.45, 2.75) is 37.3 Å². The maximum atomic E-state index is 12.9. The van der Waals surface area contributed by atoms with Gasteiger partial charge in [-0.3, -0.25) is 4.79 Å². The molecule has 2 heterocycles. The maximum Gasteiger partial charge on any atom is 0.161 e. The minimum Gasteiger partial charge on any atom is -0.378 e. The van der Waals surface area contributed by atoms with Gasteiger partial charge in [0.1, 0.15) is 0 Å². The Hall–Kier alpha value is -0.610. The first kappa shape index (κ1) is 14.3. The highest BCUT2D eigenvalue weighted by Crippen LogP contribution is 2.39. The third-order valence-corrected chi connectivity index (χ3v) is 4.90. The van der Waals surface area contributed by atoms with Crippen LogP contribution >= 0.6 is 23.2 Å². The largest absolute Gasteiger partial charge is 0.378 e. The minimum atomic E-state index is -0.439. The van der Waals surface area contributed by atoms with Crippen molar-refractivity contribution in [3.05, 3.63) is 33.8 Å². The number of rotatable bonds is 1. The molecule has 0 saturated carbocycles. The van der Waals surface area contributed by atoms with Gasteiger partial charge in [-0.2, -0.15) is 0 Å². The van der Waals surface area contributed by atoms with Crippen LogP contribution in [0.5, 0.6) is 0 Å². The van der Waals surface area contributed by atoms with E-state index in [-0.39, 0.29) is 17.8 Å². The van der Waals surface area contributed by atoms with E-state index in [0.29, 0.717) is 23.2 Å². The lowest BCUT2D eigenvalue weighted by Gasteiger charge is -2.35. The van der Waals surface area contributed by atoms with Gasteiger partial charge in [-0.15, -0.1) is 0 Å². The van der Waals surface area contributed by atoms with Crippen molar-refractivity contribution in [3.63, 3.8) is 0 Å².